The van der Waals surface area contributed by atoms with Crippen LogP contribution in [0.2, 0.25) is 5.02 Å². The summed E-state index contributed by atoms with van der Waals surface area (Å²) < 4.78 is 0. The molecule has 0 aromatic heterocycles. The van der Waals surface area contributed by atoms with Gasteiger partial charge in [-0.25, -0.2) is 4.79 Å². The highest BCUT2D eigenvalue weighted by Gasteiger charge is 2.30. The van der Waals surface area contributed by atoms with Crippen LogP contribution in [0.15, 0.2) is 48.5 Å². The molecular weight excluding hydrogens is 316 g/mol. The van der Waals surface area contributed by atoms with Crippen molar-refractivity contribution in [3.63, 3.8) is 0 Å². The Morgan fingerprint density at radius 2 is 2.05 bits per heavy atom. The van der Waals surface area contributed by atoms with Crippen LogP contribution in [-0.4, -0.2) is 23.2 Å². The van der Waals surface area contributed by atoms with Gasteiger partial charge in [-0.3, -0.25) is 0 Å². The number of rotatable bonds is 2. The second kappa shape index (κ2) is 6.63. The molecule has 1 heterocycles. The van der Waals surface area contributed by atoms with E-state index in [1.54, 1.807) is 11.8 Å². The number of hydrogen-bond donors (Lipinski definition) is 1. The Hall–Kier alpha value is -1.65. The predicted octanol–water partition coefficient (Wildman–Crippen LogP) is 4.93. The maximum atomic E-state index is 12.5. The van der Waals surface area contributed by atoms with Crippen LogP contribution in [0.4, 0.5) is 10.5 Å². The van der Waals surface area contributed by atoms with E-state index < -0.39 is 0 Å². The number of nitrogens with one attached hydrogen (secondary N) is 1. The zero-order valence-electron chi connectivity index (χ0n) is 12.3. The van der Waals surface area contributed by atoms with E-state index in [-0.39, 0.29) is 11.4 Å². The zero-order valence-corrected chi connectivity index (χ0v) is 13.8. The molecule has 0 unspecified atom stereocenters. The van der Waals surface area contributed by atoms with Gasteiger partial charge in [0.2, 0.25) is 0 Å². The highest BCUT2D eigenvalue weighted by molar-refractivity contribution is 7.99. The quantitative estimate of drug-likeness (QED) is 0.845. The lowest BCUT2D eigenvalue weighted by molar-refractivity contribution is 0.214. The van der Waals surface area contributed by atoms with Gasteiger partial charge in [0, 0.05) is 23.0 Å². The molecule has 0 spiro atoms. The minimum atomic E-state index is -0.0705. The average Bonchev–Trinajstić information content (AvgIpc) is 2.99. The summed E-state index contributed by atoms with van der Waals surface area (Å²) in [6, 6.07) is 15.5. The van der Waals surface area contributed by atoms with Crippen molar-refractivity contribution in [2.24, 2.45) is 0 Å². The second-order valence-corrected chi connectivity index (χ2v) is 6.89. The van der Waals surface area contributed by atoms with Crippen LogP contribution in [-0.2, 0) is 0 Å². The number of halogens is 1. The first-order valence-corrected chi connectivity index (χ1v) is 8.57. The first-order valence-electron chi connectivity index (χ1n) is 7.15. The van der Waals surface area contributed by atoms with Crippen molar-refractivity contribution in [1.82, 2.24) is 4.90 Å². The largest absolute Gasteiger partial charge is 0.323 e. The molecular formula is C17H17ClN2OS. The highest BCUT2D eigenvalue weighted by atomic mass is 35.5. The Balaban J connectivity index is 1.75. The fourth-order valence-electron chi connectivity index (χ4n) is 2.45. The van der Waals surface area contributed by atoms with Crippen molar-refractivity contribution in [3.8, 4) is 0 Å². The molecule has 1 aliphatic rings. The molecule has 1 aliphatic heterocycles. The molecule has 2 aromatic rings. The first-order chi connectivity index (χ1) is 10.6. The smallest absolute Gasteiger partial charge is 0.308 e. The normalized spacial score (nSPS) is 17.5. The third-order valence-electron chi connectivity index (χ3n) is 3.59. The van der Waals surface area contributed by atoms with Gasteiger partial charge in [-0.1, -0.05) is 41.4 Å². The summed E-state index contributed by atoms with van der Waals surface area (Å²) in [6.45, 7) is 2.76. The van der Waals surface area contributed by atoms with Gasteiger partial charge in [-0.05, 0) is 36.8 Å². The fraction of sp³-hybridized carbons (Fsp3) is 0.235. The molecule has 1 fully saturated rings. The molecule has 114 valence electrons. The third kappa shape index (κ3) is 3.39. The zero-order chi connectivity index (χ0) is 15.5. The van der Waals surface area contributed by atoms with Gasteiger partial charge < -0.3 is 10.2 Å². The summed E-state index contributed by atoms with van der Waals surface area (Å²) in [5, 5.41) is 3.68. The molecule has 22 heavy (non-hydrogen) atoms. The van der Waals surface area contributed by atoms with Gasteiger partial charge in [0.1, 0.15) is 5.37 Å². The summed E-state index contributed by atoms with van der Waals surface area (Å²) in [7, 11) is 0. The predicted molar refractivity (Wildman–Crippen MR) is 93.6 cm³/mol. The van der Waals surface area contributed by atoms with Crippen LogP contribution in [0.3, 0.4) is 0 Å². The van der Waals surface area contributed by atoms with E-state index in [0.717, 1.165) is 23.5 Å². The first kappa shape index (κ1) is 15.3. The van der Waals surface area contributed by atoms with Crippen LogP contribution >= 0.6 is 23.4 Å². The van der Waals surface area contributed by atoms with Crippen molar-refractivity contribution in [2.75, 3.05) is 17.6 Å². The van der Waals surface area contributed by atoms with Crippen LogP contribution < -0.4 is 5.32 Å². The SMILES string of the molecule is Cc1ccc(NC(=O)N2CCS[C@H]2c2cccc(Cl)c2)cc1. The van der Waals surface area contributed by atoms with E-state index >= 15 is 0 Å². The number of nitrogens with zero attached hydrogens (tertiary/aromatic N) is 1. The van der Waals surface area contributed by atoms with Crippen LogP contribution in [0.25, 0.3) is 0 Å². The lowest BCUT2D eigenvalue weighted by Gasteiger charge is -2.24. The minimum absolute atomic E-state index is 0.0177. The van der Waals surface area contributed by atoms with Crippen molar-refractivity contribution in [2.45, 2.75) is 12.3 Å². The number of aryl methyl sites for hydroxylation is 1. The summed E-state index contributed by atoms with van der Waals surface area (Å²) in [4.78, 5) is 14.4. The molecule has 1 saturated heterocycles. The Kier molecular flexibility index (Phi) is 4.60. The van der Waals surface area contributed by atoms with Crippen molar-refractivity contribution < 1.29 is 4.79 Å². The number of hydrogen-bond acceptors (Lipinski definition) is 2. The Morgan fingerprint density at radius 1 is 1.27 bits per heavy atom. The number of anilines is 1. The van der Waals surface area contributed by atoms with E-state index in [9.17, 15) is 4.79 Å². The van der Waals surface area contributed by atoms with E-state index in [0.29, 0.717) is 5.02 Å². The number of amides is 2. The van der Waals surface area contributed by atoms with Gasteiger partial charge >= 0.3 is 6.03 Å². The average molecular weight is 333 g/mol. The molecule has 1 N–H and O–H groups in total. The monoisotopic (exact) mass is 332 g/mol. The Bertz CT molecular complexity index is 675. The number of thioether (sulfide) groups is 1. The summed E-state index contributed by atoms with van der Waals surface area (Å²) in [6.07, 6.45) is 0. The third-order valence-corrected chi connectivity index (χ3v) is 5.08. The van der Waals surface area contributed by atoms with Crippen molar-refractivity contribution in [1.29, 1.82) is 0 Å². The summed E-state index contributed by atoms with van der Waals surface area (Å²) >= 11 is 7.83. The van der Waals surface area contributed by atoms with Gasteiger partial charge in [0.05, 0.1) is 0 Å². The number of urea groups is 1. The summed E-state index contributed by atoms with van der Waals surface area (Å²) in [5.41, 5.74) is 3.05. The van der Waals surface area contributed by atoms with Gasteiger partial charge in [0.25, 0.3) is 0 Å². The van der Waals surface area contributed by atoms with Gasteiger partial charge in [0.15, 0.2) is 0 Å². The molecule has 3 rings (SSSR count). The maximum absolute atomic E-state index is 12.5. The fourth-order valence-corrected chi connectivity index (χ4v) is 3.89. The molecule has 0 bridgehead atoms. The second-order valence-electron chi connectivity index (χ2n) is 5.27. The molecule has 3 nitrogen and oxygen atoms in total. The maximum Gasteiger partial charge on any atom is 0.323 e. The Labute approximate surface area is 139 Å². The van der Waals surface area contributed by atoms with Crippen LogP contribution in [0.1, 0.15) is 16.5 Å². The lowest BCUT2D eigenvalue weighted by Crippen LogP contribution is -2.34. The topological polar surface area (TPSA) is 32.3 Å². The number of carbonyl (C=O) groups is 1. The molecule has 2 aromatic carbocycles. The molecule has 0 aliphatic carbocycles. The van der Waals surface area contributed by atoms with E-state index in [2.05, 4.69) is 5.32 Å². The Morgan fingerprint density at radius 3 is 2.77 bits per heavy atom. The van der Waals surface area contributed by atoms with E-state index in [4.69, 9.17) is 11.6 Å². The van der Waals surface area contributed by atoms with Crippen molar-refractivity contribution in [3.05, 3.63) is 64.7 Å². The van der Waals surface area contributed by atoms with Gasteiger partial charge in [-0.15, -0.1) is 11.8 Å². The van der Waals surface area contributed by atoms with Crippen LogP contribution in [0.5, 0.6) is 0 Å². The molecule has 5 heteroatoms. The molecule has 0 radical (unpaired) electrons. The molecule has 0 saturated carbocycles. The van der Waals surface area contributed by atoms with Crippen LogP contribution in [0, 0.1) is 6.92 Å². The van der Waals surface area contributed by atoms with Crippen molar-refractivity contribution >= 4 is 35.1 Å². The van der Waals surface area contributed by atoms with E-state index in [1.165, 1.54) is 5.56 Å². The van der Waals surface area contributed by atoms with Gasteiger partial charge in [-0.2, -0.15) is 0 Å². The summed E-state index contributed by atoms with van der Waals surface area (Å²) in [5.74, 6) is 0.929. The minimum Gasteiger partial charge on any atom is -0.308 e. The number of carbonyl (C=O) groups excluding carboxylic acids is 1. The van der Waals surface area contributed by atoms with E-state index in [1.807, 2.05) is 60.4 Å². The standard InChI is InChI=1S/C17H17ClN2OS/c1-12-5-7-15(8-6-12)19-17(21)20-9-10-22-16(20)13-3-2-4-14(18)11-13/h2-8,11,16H,9-10H2,1H3,(H,19,21)/t16-/m0/s1. The molecule has 2 amide bonds. The lowest BCUT2D eigenvalue weighted by atomic mass is 10.2. The molecule has 1 atom stereocenters. The highest BCUT2D eigenvalue weighted by Crippen LogP contribution is 2.38. The number of benzene rings is 2.